The Morgan fingerprint density at radius 2 is 1.76 bits per heavy atom. The number of rotatable bonds is 9. The molecule has 4 aromatic rings. The van der Waals surface area contributed by atoms with Crippen LogP contribution in [0.3, 0.4) is 0 Å². The van der Waals surface area contributed by atoms with Gasteiger partial charge in [0.2, 0.25) is 0 Å². The molecule has 0 aliphatic carbocycles. The maximum atomic E-state index is 12.8. The van der Waals surface area contributed by atoms with Crippen LogP contribution in [0, 0.1) is 0 Å². The number of esters is 1. The number of fused-ring (bicyclic) bond motifs is 1. The summed E-state index contributed by atoms with van der Waals surface area (Å²) in [6, 6.07) is 24.6. The minimum atomic E-state index is -0.819. The average molecular weight is 517 g/mol. The Bertz CT molecular complexity index is 1440. The zero-order chi connectivity index (χ0) is 26.2. The number of carbonyl (C=O) groups is 2. The summed E-state index contributed by atoms with van der Waals surface area (Å²) >= 11 is 5.97. The number of amides is 1. The summed E-state index contributed by atoms with van der Waals surface area (Å²) < 4.78 is 16.8. The van der Waals surface area contributed by atoms with Gasteiger partial charge in [-0.25, -0.2) is 10.2 Å². The molecular formula is C29H25ClN2O5. The van der Waals surface area contributed by atoms with Crippen molar-refractivity contribution in [1.82, 2.24) is 5.43 Å². The first-order valence-corrected chi connectivity index (χ1v) is 12.0. The second-order valence-electron chi connectivity index (χ2n) is 8.00. The van der Waals surface area contributed by atoms with Crippen LogP contribution in [0.4, 0.5) is 0 Å². The predicted molar refractivity (Wildman–Crippen MR) is 144 cm³/mol. The molecule has 0 aromatic heterocycles. The highest BCUT2D eigenvalue weighted by Crippen LogP contribution is 2.28. The number of halogens is 1. The Morgan fingerprint density at radius 3 is 2.51 bits per heavy atom. The molecule has 0 saturated heterocycles. The first-order valence-electron chi connectivity index (χ1n) is 11.7. The topological polar surface area (TPSA) is 86.2 Å². The third-order valence-corrected chi connectivity index (χ3v) is 5.62. The van der Waals surface area contributed by atoms with Gasteiger partial charge in [0.25, 0.3) is 5.91 Å². The molecule has 0 fully saturated rings. The molecule has 0 aliphatic heterocycles. The van der Waals surface area contributed by atoms with E-state index in [1.165, 1.54) is 6.21 Å². The maximum absolute atomic E-state index is 12.8. The lowest BCUT2D eigenvalue weighted by Gasteiger charge is -2.13. The lowest BCUT2D eigenvalue weighted by molar-refractivity contribution is -0.127. The van der Waals surface area contributed by atoms with Crippen molar-refractivity contribution < 1.29 is 23.8 Å². The van der Waals surface area contributed by atoms with Crippen molar-refractivity contribution in [3.05, 3.63) is 101 Å². The van der Waals surface area contributed by atoms with Gasteiger partial charge in [-0.2, -0.15) is 5.10 Å². The van der Waals surface area contributed by atoms with Crippen LogP contribution in [0.2, 0.25) is 5.02 Å². The van der Waals surface area contributed by atoms with Gasteiger partial charge in [-0.05, 0) is 73.2 Å². The van der Waals surface area contributed by atoms with E-state index in [1.807, 2.05) is 37.3 Å². The predicted octanol–water partition coefficient (Wildman–Crippen LogP) is 6.03. The minimum absolute atomic E-state index is 0.304. The fourth-order valence-corrected chi connectivity index (χ4v) is 3.74. The van der Waals surface area contributed by atoms with E-state index in [2.05, 4.69) is 10.5 Å². The summed E-state index contributed by atoms with van der Waals surface area (Å²) in [6.07, 6.45) is 0.632. The minimum Gasteiger partial charge on any atom is -0.494 e. The average Bonchev–Trinajstić information content (AvgIpc) is 2.90. The summed E-state index contributed by atoms with van der Waals surface area (Å²) in [6.45, 7) is 4.03. The Labute approximate surface area is 219 Å². The number of hydrogen-bond acceptors (Lipinski definition) is 6. The fourth-order valence-electron chi connectivity index (χ4n) is 3.56. The molecule has 37 heavy (non-hydrogen) atoms. The lowest BCUT2D eigenvalue weighted by Crippen LogP contribution is -2.33. The normalized spacial score (nSPS) is 11.8. The van der Waals surface area contributed by atoms with Crippen molar-refractivity contribution in [1.29, 1.82) is 0 Å². The molecule has 1 atom stereocenters. The van der Waals surface area contributed by atoms with E-state index in [4.69, 9.17) is 25.8 Å². The van der Waals surface area contributed by atoms with Crippen molar-refractivity contribution in [3.63, 3.8) is 0 Å². The molecule has 0 radical (unpaired) electrons. The van der Waals surface area contributed by atoms with E-state index in [0.717, 1.165) is 10.8 Å². The molecule has 188 valence electrons. The molecule has 0 heterocycles. The van der Waals surface area contributed by atoms with Gasteiger partial charge in [0.15, 0.2) is 6.10 Å². The number of hydrogen-bond donors (Lipinski definition) is 1. The van der Waals surface area contributed by atoms with Gasteiger partial charge in [-0.3, -0.25) is 4.79 Å². The number of carbonyl (C=O) groups excluding carboxylic acids is 2. The maximum Gasteiger partial charge on any atom is 0.343 e. The summed E-state index contributed by atoms with van der Waals surface area (Å²) in [5.74, 6) is 0.460. The van der Waals surface area contributed by atoms with E-state index in [9.17, 15) is 9.59 Å². The molecule has 0 bridgehead atoms. The quantitative estimate of drug-likeness (QED) is 0.127. The van der Waals surface area contributed by atoms with Crippen LogP contribution in [-0.2, 0) is 4.79 Å². The number of ether oxygens (including phenoxy) is 3. The van der Waals surface area contributed by atoms with E-state index in [0.29, 0.717) is 40.0 Å². The summed E-state index contributed by atoms with van der Waals surface area (Å²) in [5, 5.41) is 6.34. The third kappa shape index (κ3) is 6.65. The van der Waals surface area contributed by atoms with E-state index in [1.54, 1.807) is 61.5 Å². The van der Waals surface area contributed by atoms with Crippen molar-refractivity contribution in [2.45, 2.75) is 20.0 Å². The Kier molecular flexibility index (Phi) is 8.38. The first-order chi connectivity index (χ1) is 17.9. The van der Waals surface area contributed by atoms with Gasteiger partial charge < -0.3 is 14.2 Å². The van der Waals surface area contributed by atoms with Crippen LogP contribution in [0.25, 0.3) is 10.8 Å². The highest BCUT2D eigenvalue weighted by atomic mass is 35.5. The SMILES string of the molecule is CCOc1ccc(C(=O)Oc2ccc3ccccc3c2/C=N/NC(=O)C(C)Oc2cccc(Cl)c2)cc1. The summed E-state index contributed by atoms with van der Waals surface area (Å²) in [4.78, 5) is 25.4. The largest absolute Gasteiger partial charge is 0.494 e. The van der Waals surface area contributed by atoms with Gasteiger partial charge in [0, 0.05) is 10.6 Å². The smallest absolute Gasteiger partial charge is 0.343 e. The zero-order valence-electron chi connectivity index (χ0n) is 20.3. The van der Waals surface area contributed by atoms with Crippen LogP contribution in [0.1, 0.15) is 29.8 Å². The molecule has 1 unspecified atom stereocenters. The van der Waals surface area contributed by atoms with Crippen molar-refractivity contribution in [2.75, 3.05) is 6.61 Å². The number of hydrazone groups is 1. The lowest BCUT2D eigenvalue weighted by atomic mass is 10.0. The highest BCUT2D eigenvalue weighted by molar-refractivity contribution is 6.30. The molecule has 0 saturated carbocycles. The molecule has 8 heteroatoms. The van der Waals surface area contributed by atoms with Crippen LogP contribution >= 0.6 is 11.6 Å². The molecule has 1 amide bonds. The Balaban J connectivity index is 1.51. The van der Waals surface area contributed by atoms with Crippen LogP contribution in [-0.4, -0.2) is 30.8 Å². The number of benzene rings is 4. The molecule has 0 aliphatic rings. The van der Waals surface area contributed by atoms with Crippen LogP contribution in [0.5, 0.6) is 17.2 Å². The number of nitrogens with one attached hydrogen (secondary N) is 1. The van der Waals surface area contributed by atoms with Gasteiger partial charge in [-0.1, -0.05) is 48.0 Å². The molecule has 1 N–H and O–H groups in total. The monoisotopic (exact) mass is 516 g/mol. The molecule has 0 spiro atoms. The third-order valence-electron chi connectivity index (χ3n) is 5.38. The van der Waals surface area contributed by atoms with Gasteiger partial charge in [0.05, 0.1) is 18.4 Å². The molecule has 7 nitrogen and oxygen atoms in total. The molecule has 4 rings (SSSR count). The van der Waals surface area contributed by atoms with Crippen LogP contribution in [0.15, 0.2) is 90.0 Å². The summed E-state index contributed by atoms with van der Waals surface area (Å²) in [5.41, 5.74) is 3.40. The van der Waals surface area contributed by atoms with E-state index < -0.39 is 18.0 Å². The van der Waals surface area contributed by atoms with Gasteiger partial charge in [-0.15, -0.1) is 0 Å². The van der Waals surface area contributed by atoms with E-state index >= 15 is 0 Å². The van der Waals surface area contributed by atoms with Gasteiger partial charge >= 0.3 is 5.97 Å². The standard InChI is InChI=1S/C29H25ClN2O5/c1-3-35-23-14-11-21(12-15-23)29(34)37-27-16-13-20-7-4-5-10-25(20)26(27)18-31-32-28(33)19(2)36-24-9-6-8-22(30)17-24/h4-19H,3H2,1-2H3,(H,32,33)/b31-18+. The second kappa shape index (κ2) is 12.1. The van der Waals surface area contributed by atoms with Gasteiger partial charge in [0.1, 0.15) is 17.2 Å². The second-order valence-corrected chi connectivity index (χ2v) is 8.43. The zero-order valence-corrected chi connectivity index (χ0v) is 21.1. The molecule has 4 aromatic carbocycles. The Hall–Kier alpha value is -4.36. The number of nitrogens with zero attached hydrogens (tertiary/aromatic N) is 1. The first kappa shape index (κ1) is 25.7. The Morgan fingerprint density at radius 1 is 0.973 bits per heavy atom. The van der Waals surface area contributed by atoms with Crippen molar-refractivity contribution in [3.8, 4) is 17.2 Å². The van der Waals surface area contributed by atoms with Crippen molar-refractivity contribution in [2.24, 2.45) is 5.10 Å². The van der Waals surface area contributed by atoms with E-state index in [-0.39, 0.29) is 0 Å². The van der Waals surface area contributed by atoms with Crippen molar-refractivity contribution >= 4 is 40.5 Å². The summed E-state index contributed by atoms with van der Waals surface area (Å²) in [7, 11) is 0. The fraction of sp³-hybridized carbons (Fsp3) is 0.138. The molecular weight excluding hydrogens is 492 g/mol. The van der Waals surface area contributed by atoms with Crippen LogP contribution < -0.4 is 19.6 Å². The highest BCUT2D eigenvalue weighted by Gasteiger charge is 2.16.